The number of ether oxygens (including phenoxy) is 3. The van der Waals surface area contributed by atoms with E-state index in [0.29, 0.717) is 36.9 Å². The molecule has 124 valence electrons. The highest BCUT2D eigenvalue weighted by molar-refractivity contribution is 5.96. The molecule has 2 aliphatic rings. The minimum atomic E-state index is -0.140. The van der Waals surface area contributed by atoms with Crippen LogP contribution in [-0.4, -0.2) is 31.3 Å². The summed E-state index contributed by atoms with van der Waals surface area (Å²) in [5, 5.41) is 12.7. The fourth-order valence-electron chi connectivity index (χ4n) is 3.21. The lowest BCUT2D eigenvalue weighted by atomic mass is 9.84. The van der Waals surface area contributed by atoms with Crippen molar-refractivity contribution >= 4 is 11.6 Å². The molecule has 0 fully saturated rings. The van der Waals surface area contributed by atoms with Crippen LogP contribution in [0.3, 0.4) is 0 Å². The van der Waals surface area contributed by atoms with Crippen LogP contribution in [0.1, 0.15) is 23.5 Å². The molecule has 2 N–H and O–H groups in total. The Bertz CT molecular complexity index is 817. The molecule has 2 heterocycles. The summed E-state index contributed by atoms with van der Waals surface area (Å²) in [5.74, 6) is 1.59. The van der Waals surface area contributed by atoms with Crippen LogP contribution in [0.4, 0.5) is 5.69 Å². The second-order valence-corrected chi connectivity index (χ2v) is 5.82. The van der Waals surface area contributed by atoms with Gasteiger partial charge in [0.2, 0.25) is 5.91 Å². The number of hydrogen-bond acceptors (Lipinski definition) is 5. The first-order valence-electron chi connectivity index (χ1n) is 7.76. The zero-order chi connectivity index (χ0) is 16.7. The van der Waals surface area contributed by atoms with Crippen LogP contribution >= 0.6 is 0 Å². The first kappa shape index (κ1) is 14.7. The second kappa shape index (κ2) is 5.63. The number of rotatable bonds is 2. The minimum absolute atomic E-state index is 0.0591. The highest BCUT2D eigenvalue weighted by Crippen LogP contribution is 2.45. The number of anilines is 1. The van der Waals surface area contributed by atoms with E-state index in [2.05, 4.69) is 5.32 Å². The van der Waals surface area contributed by atoms with E-state index in [-0.39, 0.29) is 17.6 Å². The molecule has 1 atom stereocenters. The number of phenolic OH excluding ortho intramolecular Hbond substituents is 1. The van der Waals surface area contributed by atoms with E-state index >= 15 is 0 Å². The molecule has 2 aliphatic heterocycles. The molecule has 2 aromatic carbocycles. The lowest BCUT2D eigenvalue weighted by Gasteiger charge is -2.29. The molecule has 0 aliphatic carbocycles. The van der Waals surface area contributed by atoms with Gasteiger partial charge in [0.05, 0.1) is 7.11 Å². The van der Waals surface area contributed by atoms with Gasteiger partial charge in [-0.05, 0) is 29.3 Å². The fourth-order valence-corrected chi connectivity index (χ4v) is 3.21. The van der Waals surface area contributed by atoms with Gasteiger partial charge in [0.25, 0.3) is 0 Å². The maximum Gasteiger partial charge on any atom is 0.225 e. The summed E-state index contributed by atoms with van der Waals surface area (Å²) in [7, 11) is 1.50. The quantitative estimate of drug-likeness (QED) is 0.887. The van der Waals surface area contributed by atoms with Crippen LogP contribution in [0.5, 0.6) is 23.0 Å². The third-order valence-corrected chi connectivity index (χ3v) is 4.36. The molecule has 0 radical (unpaired) electrons. The van der Waals surface area contributed by atoms with Crippen molar-refractivity contribution in [3.8, 4) is 23.0 Å². The first-order chi connectivity index (χ1) is 11.7. The average molecular weight is 327 g/mol. The zero-order valence-corrected chi connectivity index (χ0v) is 13.2. The third kappa shape index (κ3) is 2.40. The van der Waals surface area contributed by atoms with Crippen LogP contribution in [0.15, 0.2) is 30.3 Å². The minimum Gasteiger partial charge on any atom is -0.504 e. The maximum atomic E-state index is 12.1. The molecule has 4 rings (SSSR count). The Morgan fingerprint density at radius 2 is 1.92 bits per heavy atom. The van der Waals surface area contributed by atoms with Gasteiger partial charge in [-0.3, -0.25) is 4.79 Å². The number of methoxy groups -OCH3 is 1. The standard InChI is InChI=1S/C18H17NO5/c1-22-15-6-10(2-3-14(15)20)11-8-18(21)19-13-9-17-16(7-12(11)13)23-4-5-24-17/h2-3,6-7,9,11,20H,4-5,8H2,1H3,(H,19,21)/t11-/m0/s1. The molecule has 0 saturated heterocycles. The monoisotopic (exact) mass is 327 g/mol. The summed E-state index contributed by atoms with van der Waals surface area (Å²) in [6, 6.07) is 8.89. The van der Waals surface area contributed by atoms with E-state index in [0.717, 1.165) is 16.8 Å². The number of nitrogens with one attached hydrogen (secondary N) is 1. The Hall–Kier alpha value is -2.89. The first-order valence-corrected chi connectivity index (χ1v) is 7.76. The molecular formula is C18H17NO5. The third-order valence-electron chi connectivity index (χ3n) is 4.36. The number of hydrogen-bond donors (Lipinski definition) is 2. The number of fused-ring (bicyclic) bond motifs is 2. The fraction of sp³-hybridized carbons (Fsp3) is 0.278. The lowest BCUT2D eigenvalue weighted by molar-refractivity contribution is -0.116. The van der Waals surface area contributed by atoms with Gasteiger partial charge in [-0.15, -0.1) is 0 Å². The predicted octanol–water partition coefficient (Wildman–Crippen LogP) is 2.65. The Kier molecular flexibility index (Phi) is 3.45. The van der Waals surface area contributed by atoms with Crippen LogP contribution in [0.25, 0.3) is 0 Å². The van der Waals surface area contributed by atoms with Crippen molar-refractivity contribution in [3.05, 3.63) is 41.5 Å². The van der Waals surface area contributed by atoms with E-state index in [1.807, 2.05) is 18.2 Å². The summed E-state index contributed by atoms with van der Waals surface area (Å²) in [6.07, 6.45) is 0.320. The molecule has 24 heavy (non-hydrogen) atoms. The molecule has 0 spiro atoms. The van der Waals surface area contributed by atoms with E-state index in [9.17, 15) is 9.90 Å². The smallest absolute Gasteiger partial charge is 0.225 e. The molecular weight excluding hydrogens is 310 g/mol. The van der Waals surface area contributed by atoms with E-state index in [1.165, 1.54) is 7.11 Å². The van der Waals surface area contributed by atoms with Crippen molar-refractivity contribution in [2.24, 2.45) is 0 Å². The molecule has 6 nitrogen and oxygen atoms in total. The molecule has 0 aromatic heterocycles. The number of benzene rings is 2. The SMILES string of the molecule is COc1cc([C@@H]2CC(=O)Nc3cc4c(cc32)OCCO4)ccc1O. The van der Waals surface area contributed by atoms with E-state index in [1.54, 1.807) is 12.1 Å². The van der Waals surface area contributed by atoms with Gasteiger partial charge >= 0.3 is 0 Å². The molecule has 0 unspecified atom stereocenters. The average Bonchev–Trinajstić information content (AvgIpc) is 2.60. The zero-order valence-electron chi connectivity index (χ0n) is 13.2. The molecule has 1 amide bonds. The molecule has 0 saturated carbocycles. The largest absolute Gasteiger partial charge is 0.504 e. The number of aromatic hydroxyl groups is 1. The van der Waals surface area contributed by atoms with Gasteiger partial charge in [-0.25, -0.2) is 0 Å². The van der Waals surface area contributed by atoms with Crippen LogP contribution in [0.2, 0.25) is 0 Å². The summed E-state index contributed by atoms with van der Waals surface area (Å²) in [4.78, 5) is 12.1. The normalized spacial score (nSPS) is 18.5. The van der Waals surface area contributed by atoms with Crippen molar-refractivity contribution < 1.29 is 24.1 Å². The highest BCUT2D eigenvalue weighted by atomic mass is 16.6. The number of carbonyl (C=O) groups excluding carboxylic acids is 1. The number of amides is 1. The summed E-state index contributed by atoms with van der Waals surface area (Å²) < 4.78 is 16.4. The topological polar surface area (TPSA) is 77.0 Å². The Morgan fingerprint density at radius 3 is 2.67 bits per heavy atom. The van der Waals surface area contributed by atoms with Gasteiger partial charge in [-0.1, -0.05) is 6.07 Å². The van der Waals surface area contributed by atoms with E-state index in [4.69, 9.17) is 14.2 Å². The molecule has 6 heteroatoms. The van der Waals surface area contributed by atoms with Crippen molar-refractivity contribution in [2.45, 2.75) is 12.3 Å². The van der Waals surface area contributed by atoms with Gasteiger partial charge < -0.3 is 24.6 Å². The van der Waals surface area contributed by atoms with Crippen molar-refractivity contribution in [1.29, 1.82) is 0 Å². The van der Waals surface area contributed by atoms with Gasteiger partial charge in [0, 0.05) is 24.1 Å². The number of phenols is 1. The van der Waals surface area contributed by atoms with Crippen molar-refractivity contribution in [2.75, 3.05) is 25.6 Å². The lowest BCUT2D eigenvalue weighted by Crippen LogP contribution is -2.24. The van der Waals surface area contributed by atoms with Crippen molar-refractivity contribution in [1.82, 2.24) is 0 Å². The van der Waals surface area contributed by atoms with Crippen molar-refractivity contribution in [3.63, 3.8) is 0 Å². The van der Waals surface area contributed by atoms with Crippen LogP contribution in [-0.2, 0) is 4.79 Å². The van der Waals surface area contributed by atoms with E-state index < -0.39 is 0 Å². The summed E-state index contributed by atoms with van der Waals surface area (Å²) >= 11 is 0. The Balaban J connectivity index is 1.82. The maximum absolute atomic E-state index is 12.1. The van der Waals surface area contributed by atoms with Gasteiger partial charge in [0.15, 0.2) is 23.0 Å². The Labute approximate surface area is 139 Å². The van der Waals surface area contributed by atoms with Crippen LogP contribution < -0.4 is 19.5 Å². The Morgan fingerprint density at radius 1 is 1.17 bits per heavy atom. The predicted molar refractivity (Wildman–Crippen MR) is 87.2 cm³/mol. The van der Waals surface area contributed by atoms with Gasteiger partial charge in [0.1, 0.15) is 13.2 Å². The highest BCUT2D eigenvalue weighted by Gasteiger charge is 2.29. The second-order valence-electron chi connectivity index (χ2n) is 5.82. The van der Waals surface area contributed by atoms with Crippen LogP contribution in [0, 0.1) is 0 Å². The number of carbonyl (C=O) groups is 1. The molecule has 0 bridgehead atoms. The summed E-state index contributed by atoms with van der Waals surface area (Å²) in [5.41, 5.74) is 2.59. The summed E-state index contributed by atoms with van der Waals surface area (Å²) in [6.45, 7) is 1.01. The van der Waals surface area contributed by atoms with Gasteiger partial charge in [-0.2, -0.15) is 0 Å². The molecule has 2 aromatic rings.